The molecule has 0 aromatic heterocycles. The third kappa shape index (κ3) is 6.29. The van der Waals surface area contributed by atoms with E-state index in [1.165, 1.54) is 6.92 Å². The molecular formula is C16H26N4O. The Balaban J connectivity index is 2.59. The number of hydrogen-bond donors (Lipinski definition) is 3. The monoisotopic (exact) mass is 290 g/mol. The average molecular weight is 290 g/mol. The van der Waals surface area contributed by atoms with Crippen LogP contribution >= 0.6 is 0 Å². The molecule has 0 bridgehead atoms. The molecule has 1 rings (SSSR count). The van der Waals surface area contributed by atoms with E-state index in [1.807, 2.05) is 24.3 Å². The maximum absolute atomic E-state index is 11.1. The molecule has 0 aliphatic rings. The minimum atomic E-state index is -0.0663. The van der Waals surface area contributed by atoms with Gasteiger partial charge in [-0.15, -0.1) is 0 Å². The van der Waals surface area contributed by atoms with Gasteiger partial charge in [0.1, 0.15) is 0 Å². The van der Waals surface area contributed by atoms with Crippen molar-refractivity contribution in [3.05, 3.63) is 29.8 Å². The normalized spacial score (nSPS) is 13.0. The number of amides is 1. The molecule has 1 aromatic rings. The summed E-state index contributed by atoms with van der Waals surface area (Å²) >= 11 is 0. The lowest BCUT2D eigenvalue weighted by molar-refractivity contribution is -0.114. The lowest BCUT2D eigenvalue weighted by Gasteiger charge is -2.20. The summed E-state index contributed by atoms with van der Waals surface area (Å²) < 4.78 is 0. The van der Waals surface area contributed by atoms with Crippen LogP contribution in [0, 0.1) is 5.92 Å². The van der Waals surface area contributed by atoms with E-state index in [0.717, 1.165) is 17.2 Å². The molecule has 1 aromatic carbocycles. The number of rotatable bonds is 5. The molecule has 0 aliphatic heterocycles. The fraction of sp³-hybridized carbons (Fsp3) is 0.500. The number of nitrogens with zero attached hydrogens (tertiary/aromatic N) is 1. The first-order valence-corrected chi connectivity index (χ1v) is 7.26. The van der Waals surface area contributed by atoms with Gasteiger partial charge in [-0.2, -0.15) is 0 Å². The third-order valence-electron chi connectivity index (χ3n) is 3.30. The van der Waals surface area contributed by atoms with Crippen molar-refractivity contribution in [2.45, 2.75) is 40.3 Å². The standard InChI is InChI=1S/C16H26N4O/c1-11(2)12(3)19-16(17-5)18-10-14-7-6-8-15(9-14)20-13(4)21/h6-9,11-12H,10H2,1-5H3,(H,20,21)(H2,17,18,19). The van der Waals surface area contributed by atoms with Gasteiger partial charge < -0.3 is 16.0 Å². The highest BCUT2D eigenvalue weighted by Gasteiger charge is 2.08. The maximum Gasteiger partial charge on any atom is 0.221 e. The first-order chi connectivity index (χ1) is 9.92. The minimum Gasteiger partial charge on any atom is -0.354 e. The summed E-state index contributed by atoms with van der Waals surface area (Å²) in [5.41, 5.74) is 1.89. The van der Waals surface area contributed by atoms with Crippen LogP contribution in [0.25, 0.3) is 0 Å². The topological polar surface area (TPSA) is 65.5 Å². The van der Waals surface area contributed by atoms with Gasteiger partial charge in [-0.3, -0.25) is 9.79 Å². The highest BCUT2D eigenvalue weighted by atomic mass is 16.1. The zero-order valence-electron chi connectivity index (χ0n) is 13.5. The van der Waals surface area contributed by atoms with Gasteiger partial charge in [0.15, 0.2) is 5.96 Å². The van der Waals surface area contributed by atoms with Crippen LogP contribution in [0.15, 0.2) is 29.3 Å². The number of nitrogens with one attached hydrogen (secondary N) is 3. The predicted octanol–water partition coefficient (Wildman–Crippen LogP) is 2.35. The first-order valence-electron chi connectivity index (χ1n) is 7.26. The number of benzene rings is 1. The van der Waals surface area contributed by atoms with Crippen molar-refractivity contribution in [2.75, 3.05) is 12.4 Å². The molecule has 5 heteroatoms. The van der Waals surface area contributed by atoms with Crippen LogP contribution in [0.5, 0.6) is 0 Å². The number of guanidine groups is 1. The molecule has 0 spiro atoms. The lowest BCUT2D eigenvalue weighted by atomic mass is 10.1. The summed E-state index contributed by atoms with van der Waals surface area (Å²) in [6.45, 7) is 8.63. The quantitative estimate of drug-likeness (QED) is 0.576. The Kier molecular flexibility index (Phi) is 6.72. The molecular weight excluding hydrogens is 264 g/mol. The van der Waals surface area contributed by atoms with Crippen molar-refractivity contribution in [1.82, 2.24) is 10.6 Å². The fourth-order valence-electron chi connectivity index (χ4n) is 1.73. The first kappa shape index (κ1) is 17.0. The van der Waals surface area contributed by atoms with Crippen LogP contribution in [0.4, 0.5) is 5.69 Å². The van der Waals surface area contributed by atoms with Crippen molar-refractivity contribution in [1.29, 1.82) is 0 Å². The highest BCUT2D eigenvalue weighted by Crippen LogP contribution is 2.10. The Morgan fingerprint density at radius 3 is 2.57 bits per heavy atom. The number of anilines is 1. The second kappa shape index (κ2) is 8.29. The van der Waals surface area contributed by atoms with E-state index in [4.69, 9.17) is 0 Å². The van der Waals surface area contributed by atoms with E-state index < -0.39 is 0 Å². The molecule has 1 amide bonds. The zero-order chi connectivity index (χ0) is 15.8. The smallest absolute Gasteiger partial charge is 0.221 e. The molecule has 0 saturated carbocycles. The molecule has 1 atom stereocenters. The number of carbonyl (C=O) groups is 1. The van der Waals surface area contributed by atoms with Crippen LogP contribution < -0.4 is 16.0 Å². The van der Waals surface area contributed by atoms with E-state index in [0.29, 0.717) is 18.5 Å². The molecule has 0 fully saturated rings. The number of hydrogen-bond acceptors (Lipinski definition) is 2. The Bertz CT molecular complexity index is 497. The molecule has 0 saturated heterocycles. The maximum atomic E-state index is 11.1. The molecule has 116 valence electrons. The summed E-state index contributed by atoms with van der Waals surface area (Å²) in [4.78, 5) is 15.3. The van der Waals surface area contributed by atoms with Crippen molar-refractivity contribution in [2.24, 2.45) is 10.9 Å². The van der Waals surface area contributed by atoms with Crippen molar-refractivity contribution in [3.8, 4) is 0 Å². The molecule has 0 aliphatic carbocycles. The van der Waals surface area contributed by atoms with Crippen molar-refractivity contribution in [3.63, 3.8) is 0 Å². The summed E-state index contributed by atoms with van der Waals surface area (Å²) in [6, 6.07) is 8.11. The van der Waals surface area contributed by atoms with E-state index in [-0.39, 0.29) is 5.91 Å². The van der Waals surface area contributed by atoms with E-state index >= 15 is 0 Å². The van der Waals surface area contributed by atoms with Gasteiger partial charge in [0, 0.05) is 32.2 Å². The predicted molar refractivity (Wildman–Crippen MR) is 88.4 cm³/mol. The van der Waals surface area contributed by atoms with Gasteiger partial charge in [0.05, 0.1) is 0 Å². The van der Waals surface area contributed by atoms with Gasteiger partial charge in [0.25, 0.3) is 0 Å². The largest absolute Gasteiger partial charge is 0.354 e. The van der Waals surface area contributed by atoms with Gasteiger partial charge in [0.2, 0.25) is 5.91 Å². The molecule has 21 heavy (non-hydrogen) atoms. The second-order valence-electron chi connectivity index (χ2n) is 5.48. The van der Waals surface area contributed by atoms with Crippen molar-refractivity contribution >= 4 is 17.6 Å². The van der Waals surface area contributed by atoms with Crippen LogP contribution in [0.3, 0.4) is 0 Å². The van der Waals surface area contributed by atoms with E-state index in [2.05, 4.69) is 41.7 Å². The highest BCUT2D eigenvalue weighted by molar-refractivity contribution is 5.88. The molecule has 3 N–H and O–H groups in total. The third-order valence-corrected chi connectivity index (χ3v) is 3.30. The molecule has 0 radical (unpaired) electrons. The van der Waals surface area contributed by atoms with Crippen LogP contribution in [-0.2, 0) is 11.3 Å². The lowest BCUT2D eigenvalue weighted by Crippen LogP contribution is -2.43. The molecule has 0 heterocycles. The average Bonchev–Trinajstić information content (AvgIpc) is 2.42. The Hall–Kier alpha value is -2.04. The minimum absolute atomic E-state index is 0.0663. The molecule has 5 nitrogen and oxygen atoms in total. The Labute approximate surface area is 127 Å². The summed E-state index contributed by atoms with van der Waals surface area (Å²) in [5, 5.41) is 9.41. The summed E-state index contributed by atoms with van der Waals surface area (Å²) in [7, 11) is 1.76. The van der Waals surface area contributed by atoms with Crippen LogP contribution in [-0.4, -0.2) is 25.0 Å². The number of carbonyl (C=O) groups excluding carboxylic acids is 1. The van der Waals surface area contributed by atoms with E-state index in [9.17, 15) is 4.79 Å². The summed E-state index contributed by atoms with van der Waals surface area (Å²) in [6.07, 6.45) is 0. The number of aliphatic imine (C=N–C) groups is 1. The molecule has 1 unspecified atom stereocenters. The Morgan fingerprint density at radius 2 is 2.00 bits per heavy atom. The van der Waals surface area contributed by atoms with Crippen LogP contribution in [0.1, 0.15) is 33.3 Å². The van der Waals surface area contributed by atoms with Gasteiger partial charge in [-0.1, -0.05) is 26.0 Å². The second-order valence-corrected chi connectivity index (χ2v) is 5.48. The summed E-state index contributed by atoms with van der Waals surface area (Å²) in [5.74, 6) is 1.25. The van der Waals surface area contributed by atoms with Crippen molar-refractivity contribution < 1.29 is 4.79 Å². The van der Waals surface area contributed by atoms with E-state index in [1.54, 1.807) is 7.05 Å². The zero-order valence-corrected chi connectivity index (χ0v) is 13.5. The van der Waals surface area contributed by atoms with Gasteiger partial charge in [-0.25, -0.2) is 0 Å². The van der Waals surface area contributed by atoms with Crippen LogP contribution in [0.2, 0.25) is 0 Å². The van der Waals surface area contributed by atoms with Gasteiger partial charge >= 0.3 is 0 Å². The Morgan fingerprint density at radius 1 is 1.29 bits per heavy atom. The fourth-order valence-corrected chi connectivity index (χ4v) is 1.73. The SMILES string of the molecule is CN=C(NCc1cccc(NC(C)=O)c1)NC(C)C(C)C. The van der Waals surface area contributed by atoms with Gasteiger partial charge in [-0.05, 0) is 30.5 Å².